The van der Waals surface area contributed by atoms with E-state index >= 15 is 0 Å². The molecule has 0 amide bonds. The Balaban J connectivity index is 1.22. The number of hydrogen-bond acceptors (Lipinski definition) is 2. The highest BCUT2D eigenvalue weighted by Crippen LogP contribution is 2.48. The second-order valence-electron chi connectivity index (χ2n) is 10.2. The van der Waals surface area contributed by atoms with E-state index in [0.29, 0.717) is 0 Å². The lowest BCUT2D eigenvalue weighted by molar-refractivity contribution is 1.18. The van der Waals surface area contributed by atoms with Crippen LogP contribution in [0.15, 0.2) is 146 Å². The first kappa shape index (κ1) is 22.6. The summed E-state index contributed by atoms with van der Waals surface area (Å²) in [6, 6.07) is 51.3. The molecule has 40 heavy (non-hydrogen) atoms. The van der Waals surface area contributed by atoms with Gasteiger partial charge in [-0.3, -0.25) is 0 Å². The van der Waals surface area contributed by atoms with Crippen LogP contribution in [0.5, 0.6) is 0 Å². The lowest BCUT2D eigenvalue weighted by Crippen LogP contribution is -1.95. The minimum absolute atomic E-state index is 0.724. The Labute approximate surface area is 233 Å². The second kappa shape index (κ2) is 9.14. The number of fused-ring (bicyclic) bond motifs is 3. The Morgan fingerprint density at radius 3 is 1.52 bits per heavy atom. The van der Waals surface area contributed by atoms with Crippen LogP contribution in [-0.2, 0) is 0 Å². The third-order valence-corrected chi connectivity index (χ3v) is 7.83. The van der Waals surface area contributed by atoms with Crippen molar-refractivity contribution >= 4 is 10.8 Å². The molecule has 1 aliphatic rings. The molecule has 0 saturated carbocycles. The molecule has 6 aromatic carbocycles. The molecule has 0 spiro atoms. The van der Waals surface area contributed by atoms with E-state index in [1.807, 2.05) is 36.4 Å². The highest BCUT2D eigenvalue weighted by molar-refractivity contribution is 6.16. The molecular weight excluding hydrogens is 484 g/mol. The summed E-state index contributed by atoms with van der Waals surface area (Å²) in [6.07, 6.45) is 0. The zero-order valence-corrected chi connectivity index (χ0v) is 21.8. The van der Waals surface area contributed by atoms with Crippen molar-refractivity contribution in [2.45, 2.75) is 0 Å². The monoisotopic (exact) mass is 508 g/mol. The van der Waals surface area contributed by atoms with Crippen LogP contribution < -0.4 is 0 Å². The fraction of sp³-hybridized carbons (Fsp3) is 0. The van der Waals surface area contributed by atoms with E-state index in [1.165, 1.54) is 44.2 Å². The fourth-order valence-electron chi connectivity index (χ4n) is 5.89. The Kier molecular flexibility index (Phi) is 5.17. The van der Waals surface area contributed by atoms with Gasteiger partial charge >= 0.3 is 0 Å². The Bertz CT molecular complexity index is 1970. The minimum Gasteiger partial charge on any atom is -0.228 e. The van der Waals surface area contributed by atoms with Gasteiger partial charge in [0.05, 0.1) is 11.4 Å². The molecule has 0 fully saturated rings. The first-order valence-electron chi connectivity index (χ1n) is 13.6. The summed E-state index contributed by atoms with van der Waals surface area (Å²) in [5.74, 6) is 0.724. The van der Waals surface area contributed by atoms with E-state index in [2.05, 4.69) is 109 Å². The van der Waals surface area contributed by atoms with Gasteiger partial charge in [0, 0.05) is 16.7 Å². The largest absolute Gasteiger partial charge is 0.228 e. The van der Waals surface area contributed by atoms with E-state index in [9.17, 15) is 0 Å². The molecule has 2 nitrogen and oxygen atoms in total. The first-order chi connectivity index (χ1) is 19.8. The van der Waals surface area contributed by atoms with E-state index in [0.717, 1.165) is 33.9 Å². The van der Waals surface area contributed by atoms with E-state index < -0.39 is 0 Å². The predicted octanol–water partition coefficient (Wildman–Crippen LogP) is 9.95. The quantitative estimate of drug-likeness (QED) is 0.236. The van der Waals surface area contributed by atoms with Gasteiger partial charge in [0.15, 0.2) is 5.82 Å². The molecular formula is C38H24N2. The summed E-state index contributed by atoms with van der Waals surface area (Å²) in [6.45, 7) is 0. The highest BCUT2D eigenvalue weighted by atomic mass is 14.9. The molecule has 0 unspecified atom stereocenters. The fourth-order valence-corrected chi connectivity index (χ4v) is 5.89. The molecule has 0 saturated heterocycles. The number of aromatic nitrogens is 2. The van der Waals surface area contributed by atoms with Crippen LogP contribution in [-0.4, -0.2) is 9.97 Å². The number of hydrogen-bond donors (Lipinski definition) is 0. The van der Waals surface area contributed by atoms with E-state index in [1.54, 1.807) is 0 Å². The molecule has 0 N–H and O–H groups in total. The molecule has 0 atom stereocenters. The molecule has 1 heterocycles. The van der Waals surface area contributed by atoms with Crippen LogP contribution in [0.3, 0.4) is 0 Å². The van der Waals surface area contributed by atoms with Crippen molar-refractivity contribution < 1.29 is 0 Å². The van der Waals surface area contributed by atoms with Gasteiger partial charge in [-0.25, -0.2) is 9.97 Å². The number of rotatable bonds is 4. The molecule has 1 aromatic heterocycles. The van der Waals surface area contributed by atoms with Crippen LogP contribution >= 0.6 is 0 Å². The van der Waals surface area contributed by atoms with Crippen LogP contribution in [0.2, 0.25) is 0 Å². The third-order valence-electron chi connectivity index (χ3n) is 7.83. The van der Waals surface area contributed by atoms with Gasteiger partial charge in [0.2, 0.25) is 0 Å². The van der Waals surface area contributed by atoms with Gasteiger partial charge in [-0.1, -0.05) is 127 Å². The zero-order valence-electron chi connectivity index (χ0n) is 21.8. The van der Waals surface area contributed by atoms with Crippen LogP contribution in [0.4, 0.5) is 0 Å². The number of benzene rings is 6. The maximum absolute atomic E-state index is 4.99. The molecule has 1 aliphatic carbocycles. The average molecular weight is 509 g/mol. The van der Waals surface area contributed by atoms with Crippen molar-refractivity contribution in [3.8, 4) is 67.3 Å². The lowest BCUT2D eigenvalue weighted by atomic mass is 9.95. The van der Waals surface area contributed by atoms with E-state index in [4.69, 9.17) is 9.97 Å². The summed E-state index contributed by atoms with van der Waals surface area (Å²) >= 11 is 0. The SMILES string of the molecule is c1ccc(-c2cc(-c3ccccc3)nc(-c3ccc(-c4cc5c6c(cccc6c4)-c4ccccc4-5)cc3)n2)cc1. The lowest BCUT2D eigenvalue weighted by Gasteiger charge is -2.11. The first-order valence-corrected chi connectivity index (χ1v) is 13.6. The molecule has 0 aliphatic heterocycles. The van der Waals surface area contributed by atoms with Crippen molar-refractivity contribution in [3.63, 3.8) is 0 Å². The van der Waals surface area contributed by atoms with Crippen LogP contribution in [0, 0.1) is 0 Å². The van der Waals surface area contributed by atoms with Crippen LogP contribution in [0.1, 0.15) is 0 Å². The van der Waals surface area contributed by atoms with Gasteiger partial charge in [0.25, 0.3) is 0 Å². The van der Waals surface area contributed by atoms with Crippen molar-refractivity contribution in [2.75, 3.05) is 0 Å². The smallest absolute Gasteiger partial charge is 0.160 e. The maximum Gasteiger partial charge on any atom is 0.160 e. The summed E-state index contributed by atoms with van der Waals surface area (Å²) in [5, 5.41) is 2.63. The third kappa shape index (κ3) is 3.73. The van der Waals surface area contributed by atoms with Crippen molar-refractivity contribution in [2.24, 2.45) is 0 Å². The molecule has 186 valence electrons. The van der Waals surface area contributed by atoms with Crippen molar-refractivity contribution in [1.29, 1.82) is 0 Å². The van der Waals surface area contributed by atoms with Gasteiger partial charge in [-0.05, 0) is 62.4 Å². The summed E-state index contributed by atoms with van der Waals surface area (Å²) in [4.78, 5) is 9.98. The number of nitrogens with zero attached hydrogens (tertiary/aromatic N) is 2. The van der Waals surface area contributed by atoms with Crippen LogP contribution in [0.25, 0.3) is 78.1 Å². The van der Waals surface area contributed by atoms with Crippen molar-refractivity contribution in [1.82, 2.24) is 9.97 Å². The van der Waals surface area contributed by atoms with Gasteiger partial charge < -0.3 is 0 Å². The van der Waals surface area contributed by atoms with Gasteiger partial charge in [-0.2, -0.15) is 0 Å². The van der Waals surface area contributed by atoms with Gasteiger partial charge in [0.1, 0.15) is 0 Å². The van der Waals surface area contributed by atoms with Crippen molar-refractivity contribution in [3.05, 3.63) is 146 Å². The molecule has 8 rings (SSSR count). The minimum atomic E-state index is 0.724. The standard InChI is InChI=1S/C38H24N2/c1-3-10-26(11-4-1)35-24-36(27-12-5-2-6-13-27)40-38(39-35)28-20-18-25(19-21-28)30-22-29-14-9-17-33-31-15-7-8-16-32(31)34(23-30)37(29)33/h1-24H. The maximum atomic E-state index is 4.99. The normalized spacial score (nSPS) is 11.5. The van der Waals surface area contributed by atoms with Gasteiger partial charge in [-0.15, -0.1) is 0 Å². The molecule has 7 aromatic rings. The van der Waals surface area contributed by atoms with E-state index in [-0.39, 0.29) is 0 Å². The Morgan fingerprint density at radius 2 is 0.875 bits per heavy atom. The Morgan fingerprint density at radius 1 is 0.325 bits per heavy atom. The second-order valence-corrected chi connectivity index (χ2v) is 10.2. The topological polar surface area (TPSA) is 25.8 Å². The molecule has 0 radical (unpaired) electrons. The zero-order chi connectivity index (χ0) is 26.5. The summed E-state index contributed by atoms with van der Waals surface area (Å²) in [5.41, 5.74) is 12.7. The Hall–Kier alpha value is -5.34. The highest BCUT2D eigenvalue weighted by Gasteiger charge is 2.21. The molecule has 0 bridgehead atoms. The summed E-state index contributed by atoms with van der Waals surface area (Å²) in [7, 11) is 0. The predicted molar refractivity (Wildman–Crippen MR) is 166 cm³/mol. The molecule has 2 heteroatoms. The average Bonchev–Trinajstić information content (AvgIpc) is 3.36. The summed E-state index contributed by atoms with van der Waals surface area (Å²) < 4.78 is 0.